The van der Waals surface area contributed by atoms with Gasteiger partial charge in [-0.3, -0.25) is 4.79 Å². The molecule has 0 saturated carbocycles. The average Bonchev–Trinajstić information content (AvgIpc) is 3.56. The summed E-state index contributed by atoms with van der Waals surface area (Å²) >= 11 is 0. The zero-order chi connectivity index (χ0) is 41.1. The fraction of sp³-hybridized carbons (Fsp3) is 0.333. The van der Waals surface area contributed by atoms with Crippen LogP contribution in [0.5, 0.6) is 23.0 Å². The number of fused-ring (bicyclic) bond motifs is 2. The molecule has 1 atom stereocenters. The lowest BCUT2D eigenvalue weighted by atomic mass is 10.1. The Morgan fingerprint density at radius 3 is 2.42 bits per heavy atom. The predicted molar refractivity (Wildman–Crippen MR) is 208 cm³/mol. The second-order valence-corrected chi connectivity index (χ2v) is 14.3. The highest BCUT2D eigenvalue weighted by Gasteiger charge is 2.36. The molecule has 57 heavy (non-hydrogen) atoms. The lowest BCUT2D eigenvalue weighted by molar-refractivity contribution is -0.129. The summed E-state index contributed by atoms with van der Waals surface area (Å²) in [5.41, 5.74) is -0.0831. The van der Waals surface area contributed by atoms with Crippen LogP contribution in [0.4, 0.5) is 43.1 Å². The molecule has 1 unspecified atom stereocenters. The number of nitrogens with zero attached hydrogens (tertiary/aromatic N) is 4. The third kappa shape index (κ3) is 9.01. The zero-order valence-electron chi connectivity index (χ0n) is 32.6. The first-order valence-electron chi connectivity index (χ1n) is 17.7. The number of alkyl carbamates (subject to hydrolysis) is 1. The standard InChI is InChI=1S/C39H43FN8O9/c1-38(2,3)57-36(50)43-22(15-21-18-41-26-12-10-9-11-24(21)26)20-55-37(51)48(23-16-28(52-6)31(54-8)29(17-23)53-7)35-42-19-25(40)32(47-35)44-30-14-13-27-33(45-30)46-34(49)39(4,5)56-27/h9-14,16-19,22,41H,15,20H2,1-8H3,(H,43,50)(H2,42,44,45,46,47,49). The Kier molecular flexibility index (Phi) is 11.2. The van der Waals surface area contributed by atoms with Crippen molar-refractivity contribution in [2.75, 3.05) is 43.5 Å². The van der Waals surface area contributed by atoms with Crippen molar-refractivity contribution in [3.8, 4) is 23.0 Å². The molecule has 0 spiro atoms. The number of pyridine rings is 1. The highest BCUT2D eigenvalue weighted by atomic mass is 19.1. The van der Waals surface area contributed by atoms with Crippen molar-refractivity contribution in [1.29, 1.82) is 0 Å². The second kappa shape index (κ2) is 16.1. The number of aromatic amines is 1. The molecular weight excluding hydrogens is 743 g/mol. The summed E-state index contributed by atoms with van der Waals surface area (Å²) in [5, 5.41) is 9.19. The van der Waals surface area contributed by atoms with Gasteiger partial charge in [0.1, 0.15) is 18.0 Å². The van der Waals surface area contributed by atoms with Crippen LogP contribution >= 0.6 is 0 Å². The molecule has 2 aromatic carbocycles. The Labute approximate surface area is 327 Å². The van der Waals surface area contributed by atoms with Crippen LogP contribution in [0.2, 0.25) is 0 Å². The van der Waals surface area contributed by atoms with E-state index in [4.69, 9.17) is 28.4 Å². The van der Waals surface area contributed by atoms with Crippen LogP contribution < -0.4 is 39.8 Å². The zero-order valence-corrected chi connectivity index (χ0v) is 32.6. The average molecular weight is 787 g/mol. The Balaban J connectivity index is 1.34. The molecule has 0 fully saturated rings. The number of hydrogen-bond donors (Lipinski definition) is 4. The Morgan fingerprint density at radius 2 is 1.74 bits per heavy atom. The normalized spacial score (nSPS) is 13.7. The van der Waals surface area contributed by atoms with Crippen molar-refractivity contribution in [2.45, 2.75) is 58.3 Å². The van der Waals surface area contributed by atoms with Gasteiger partial charge in [0.15, 0.2) is 40.3 Å². The first-order valence-corrected chi connectivity index (χ1v) is 17.7. The number of nitrogens with one attached hydrogen (secondary N) is 4. The summed E-state index contributed by atoms with van der Waals surface area (Å²) in [6.07, 6.45) is 1.20. The number of aromatic nitrogens is 4. The molecule has 3 amide bonds. The molecule has 300 valence electrons. The number of amides is 3. The maximum atomic E-state index is 15.4. The Bertz CT molecular complexity index is 2280. The number of anilines is 5. The predicted octanol–water partition coefficient (Wildman–Crippen LogP) is 6.78. The summed E-state index contributed by atoms with van der Waals surface area (Å²) < 4.78 is 49.1. The van der Waals surface area contributed by atoms with E-state index >= 15 is 4.39 Å². The minimum absolute atomic E-state index is 0.0923. The smallest absolute Gasteiger partial charge is 0.421 e. The SMILES string of the molecule is COc1cc(N(C(=O)OCC(Cc2c[nH]c3ccccc23)NC(=O)OC(C)(C)C)c2ncc(F)c(Nc3ccc4c(n3)NC(=O)C(C)(C)O4)n2)cc(OC)c1OC. The van der Waals surface area contributed by atoms with E-state index in [-0.39, 0.29) is 59.4 Å². The molecule has 1 aliphatic heterocycles. The van der Waals surface area contributed by atoms with Gasteiger partial charge in [0.25, 0.3) is 5.91 Å². The van der Waals surface area contributed by atoms with Gasteiger partial charge in [0, 0.05) is 29.2 Å². The minimum Gasteiger partial charge on any atom is -0.493 e. The summed E-state index contributed by atoms with van der Waals surface area (Å²) in [6.45, 7) is 8.09. The van der Waals surface area contributed by atoms with Gasteiger partial charge in [-0.05, 0) is 64.8 Å². The molecule has 0 radical (unpaired) electrons. The number of halogens is 1. The fourth-order valence-corrected chi connectivity index (χ4v) is 5.87. The van der Waals surface area contributed by atoms with Crippen LogP contribution in [-0.2, 0) is 20.7 Å². The maximum Gasteiger partial charge on any atom is 0.421 e. The van der Waals surface area contributed by atoms with Crippen LogP contribution in [0.1, 0.15) is 40.2 Å². The third-order valence-corrected chi connectivity index (χ3v) is 8.54. The number of methoxy groups -OCH3 is 3. The first kappa shape index (κ1) is 39.8. The van der Waals surface area contributed by atoms with E-state index in [2.05, 4.69) is 35.9 Å². The molecule has 3 aromatic heterocycles. The Morgan fingerprint density at radius 1 is 1.02 bits per heavy atom. The molecule has 0 aliphatic carbocycles. The van der Waals surface area contributed by atoms with Crippen LogP contribution in [0.3, 0.4) is 0 Å². The third-order valence-electron chi connectivity index (χ3n) is 8.54. The number of hydrogen-bond acceptors (Lipinski definition) is 13. The highest BCUT2D eigenvalue weighted by Crippen LogP contribution is 2.43. The quantitative estimate of drug-likeness (QED) is 0.103. The van der Waals surface area contributed by atoms with Crippen molar-refractivity contribution in [1.82, 2.24) is 25.3 Å². The number of para-hydroxylation sites is 1. The minimum atomic E-state index is -1.12. The summed E-state index contributed by atoms with van der Waals surface area (Å²) in [5.74, 6) is -0.892. The summed E-state index contributed by atoms with van der Waals surface area (Å²) in [4.78, 5) is 56.8. The van der Waals surface area contributed by atoms with Gasteiger partial charge in [0.05, 0.1) is 39.3 Å². The number of rotatable bonds is 12. The van der Waals surface area contributed by atoms with Crippen molar-refractivity contribution < 1.29 is 47.2 Å². The molecule has 5 aromatic rings. The van der Waals surface area contributed by atoms with Crippen LogP contribution in [0.15, 0.2) is 60.9 Å². The molecule has 6 rings (SSSR count). The number of carbonyl (C=O) groups excluding carboxylic acids is 3. The van der Waals surface area contributed by atoms with Gasteiger partial charge in [-0.15, -0.1) is 0 Å². The van der Waals surface area contributed by atoms with Crippen LogP contribution in [0, 0.1) is 5.82 Å². The van der Waals surface area contributed by atoms with E-state index in [0.29, 0.717) is 5.75 Å². The van der Waals surface area contributed by atoms with Crippen molar-refractivity contribution in [3.05, 3.63) is 72.3 Å². The number of ether oxygens (including phenoxy) is 6. The maximum absolute atomic E-state index is 15.4. The second-order valence-electron chi connectivity index (χ2n) is 14.3. The fourth-order valence-electron chi connectivity index (χ4n) is 5.87. The summed E-state index contributed by atoms with van der Waals surface area (Å²) in [7, 11) is 4.22. The molecular formula is C39H43FN8O9. The topological polar surface area (TPSA) is 200 Å². The van der Waals surface area contributed by atoms with Gasteiger partial charge in [0.2, 0.25) is 11.7 Å². The van der Waals surface area contributed by atoms with Gasteiger partial charge in [-0.25, -0.2) is 28.8 Å². The van der Waals surface area contributed by atoms with E-state index in [1.807, 2.05) is 30.5 Å². The largest absolute Gasteiger partial charge is 0.493 e. The lowest BCUT2D eigenvalue weighted by Gasteiger charge is -2.30. The first-order chi connectivity index (χ1) is 27.1. The van der Waals surface area contributed by atoms with E-state index in [1.165, 1.54) is 39.5 Å². The number of benzene rings is 2. The highest BCUT2D eigenvalue weighted by molar-refractivity contribution is 5.99. The molecule has 18 heteroatoms. The van der Waals surface area contributed by atoms with Crippen molar-refractivity contribution >= 4 is 58.1 Å². The molecule has 4 heterocycles. The van der Waals surface area contributed by atoms with Crippen LogP contribution in [-0.4, -0.2) is 83.2 Å². The Hall–Kier alpha value is -6.85. The van der Waals surface area contributed by atoms with Gasteiger partial charge < -0.3 is 49.4 Å². The van der Waals surface area contributed by atoms with E-state index in [9.17, 15) is 14.4 Å². The molecule has 4 N–H and O–H groups in total. The number of H-pyrrole nitrogens is 1. The monoisotopic (exact) mass is 786 g/mol. The van der Waals surface area contributed by atoms with E-state index < -0.39 is 41.2 Å². The van der Waals surface area contributed by atoms with Gasteiger partial charge in [-0.2, -0.15) is 4.98 Å². The lowest BCUT2D eigenvalue weighted by Crippen LogP contribution is -2.46. The van der Waals surface area contributed by atoms with Gasteiger partial charge >= 0.3 is 12.2 Å². The van der Waals surface area contributed by atoms with Crippen molar-refractivity contribution in [3.63, 3.8) is 0 Å². The van der Waals surface area contributed by atoms with Gasteiger partial charge in [-0.1, -0.05) is 18.2 Å². The molecule has 1 aliphatic rings. The van der Waals surface area contributed by atoms with E-state index in [1.54, 1.807) is 40.7 Å². The van der Waals surface area contributed by atoms with E-state index in [0.717, 1.165) is 27.6 Å². The number of carbonyl (C=O) groups is 3. The molecule has 17 nitrogen and oxygen atoms in total. The van der Waals surface area contributed by atoms with Crippen LogP contribution in [0.25, 0.3) is 10.9 Å². The summed E-state index contributed by atoms with van der Waals surface area (Å²) in [6, 6.07) is 12.9. The van der Waals surface area contributed by atoms with Crippen molar-refractivity contribution in [2.24, 2.45) is 0 Å². The molecule has 0 saturated heterocycles. The molecule has 0 bridgehead atoms.